The SMILES string of the molecule is c1ccc2cc(Oc3nc(Nc4cc(C5CC5)[nH]n4)cc(N4CCOCC4)n3)ccc2c1. The Morgan fingerprint density at radius 3 is 2.62 bits per heavy atom. The molecule has 2 aliphatic rings. The zero-order valence-electron chi connectivity index (χ0n) is 17.6. The zero-order chi connectivity index (χ0) is 21.3. The number of morpholine rings is 1. The Balaban J connectivity index is 1.31. The quantitative estimate of drug-likeness (QED) is 0.464. The van der Waals surface area contributed by atoms with Crippen molar-refractivity contribution >= 4 is 28.2 Å². The van der Waals surface area contributed by atoms with E-state index in [-0.39, 0.29) is 0 Å². The van der Waals surface area contributed by atoms with E-state index in [9.17, 15) is 0 Å². The molecule has 1 aliphatic heterocycles. The second-order valence-corrected chi connectivity index (χ2v) is 8.21. The first-order valence-corrected chi connectivity index (χ1v) is 11.0. The fourth-order valence-electron chi connectivity index (χ4n) is 3.95. The van der Waals surface area contributed by atoms with Crippen LogP contribution in [-0.4, -0.2) is 46.5 Å². The van der Waals surface area contributed by atoms with Crippen molar-refractivity contribution in [2.45, 2.75) is 18.8 Å². The fourth-order valence-corrected chi connectivity index (χ4v) is 3.95. The molecule has 8 heteroatoms. The van der Waals surface area contributed by atoms with Crippen molar-refractivity contribution in [2.24, 2.45) is 0 Å². The molecular weight excluding hydrogens is 404 g/mol. The van der Waals surface area contributed by atoms with Crippen LogP contribution in [0.15, 0.2) is 54.6 Å². The Morgan fingerprint density at radius 1 is 0.938 bits per heavy atom. The molecule has 0 radical (unpaired) electrons. The van der Waals surface area contributed by atoms with Gasteiger partial charge in [-0.25, -0.2) is 0 Å². The van der Waals surface area contributed by atoms with Crippen molar-refractivity contribution in [2.75, 3.05) is 36.5 Å². The lowest BCUT2D eigenvalue weighted by molar-refractivity contribution is 0.122. The summed E-state index contributed by atoms with van der Waals surface area (Å²) in [6, 6.07) is 18.5. The van der Waals surface area contributed by atoms with Gasteiger partial charge in [-0.3, -0.25) is 5.10 Å². The molecule has 1 saturated heterocycles. The Bertz CT molecular complexity index is 1250. The molecule has 2 aromatic heterocycles. The summed E-state index contributed by atoms with van der Waals surface area (Å²) in [6.45, 7) is 2.91. The van der Waals surface area contributed by atoms with Crippen LogP contribution in [0.25, 0.3) is 10.8 Å². The molecule has 6 rings (SSSR count). The Hall–Kier alpha value is -3.65. The van der Waals surface area contributed by atoms with Gasteiger partial charge in [0.1, 0.15) is 17.4 Å². The summed E-state index contributed by atoms with van der Waals surface area (Å²) in [5.41, 5.74) is 1.17. The van der Waals surface area contributed by atoms with Gasteiger partial charge in [-0.2, -0.15) is 15.1 Å². The van der Waals surface area contributed by atoms with E-state index < -0.39 is 0 Å². The summed E-state index contributed by atoms with van der Waals surface area (Å²) >= 11 is 0. The number of nitrogens with one attached hydrogen (secondary N) is 2. The molecule has 2 N–H and O–H groups in total. The number of hydrogen-bond acceptors (Lipinski definition) is 7. The van der Waals surface area contributed by atoms with Gasteiger partial charge in [-0.15, -0.1) is 0 Å². The van der Waals surface area contributed by atoms with E-state index in [0.717, 1.165) is 35.5 Å². The van der Waals surface area contributed by atoms with Crippen molar-refractivity contribution in [3.8, 4) is 11.8 Å². The number of ether oxygens (including phenoxy) is 2. The summed E-state index contributed by atoms with van der Waals surface area (Å²) in [5, 5.41) is 13.1. The third kappa shape index (κ3) is 4.09. The van der Waals surface area contributed by atoms with E-state index in [4.69, 9.17) is 9.47 Å². The van der Waals surface area contributed by atoms with Gasteiger partial charge >= 0.3 is 6.01 Å². The molecule has 0 unspecified atom stereocenters. The number of hydrogen-bond donors (Lipinski definition) is 2. The smallest absolute Gasteiger partial charge is 0.325 e. The Labute approximate surface area is 185 Å². The van der Waals surface area contributed by atoms with Gasteiger partial charge in [0, 0.05) is 36.8 Å². The van der Waals surface area contributed by atoms with Gasteiger partial charge in [-0.05, 0) is 35.7 Å². The highest BCUT2D eigenvalue weighted by molar-refractivity contribution is 5.83. The first-order chi connectivity index (χ1) is 15.8. The van der Waals surface area contributed by atoms with Crippen LogP contribution < -0.4 is 15.0 Å². The number of fused-ring (bicyclic) bond motifs is 1. The second kappa shape index (κ2) is 8.12. The van der Waals surface area contributed by atoms with Gasteiger partial charge in [0.25, 0.3) is 0 Å². The Morgan fingerprint density at radius 2 is 1.78 bits per heavy atom. The minimum atomic E-state index is 0.296. The lowest BCUT2D eigenvalue weighted by Crippen LogP contribution is -2.36. The molecule has 32 heavy (non-hydrogen) atoms. The van der Waals surface area contributed by atoms with Crippen LogP contribution >= 0.6 is 0 Å². The summed E-state index contributed by atoms with van der Waals surface area (Å²) in [5.74, 6) is 3.50. The van der Waals surface area contributed by atoms with E-state index >= 15 is 0 Å². The lowest BCUT2D eigenvalue weighted by Gasteiger charge is -2.28. The first kappa shape index (κ1) is 19.1. The molecule has 0 amide bonds. The predicted octanol–water partition coefficient (Wildman–Crippen LogP) is 4.60. The summed E-state index contributed by atoms with van der Waals surface area (Å²) in [6.07, 6.45) is 2.44. The molecule has 1 aliphatic carbocycles. The van der Waals surface area contributed by atoms with Crippen molar-refractivity contribution in [1.29, 1.82) is 0 Å². The van der Waals surface area contributed by atoms with Crippen LogP contribution in [0.1, 0.15) is 24.5 Å². The molecule has 2 aromatic carbocycles. The summed E-state index contributed by atoms with van der Waals surface area (Å²) in [4.78, 5) is 11.5. The average molecular weight is 428 g/mol. The largest absolute Gasteiger partial charge is 0.424 e. The van der Waals surface area contributed by atoms with Gasteiger partial charge in [0.2, 0.25) is 0 Å². The normalized spacial score (nSPS) is 16.3. The third-order valence-corrected chi connectivity index (χ3v) is 5.83. The lowest BCUT2D eigenvalue weighted by atomic mass is 10.1. The van der Waals surface area contributed by atoms with Crippen LogP contribution in [0.4, 0.5) is 17.5 Å². The van der Waals surface area contributed by atoms with Crippen molar-refractivity contribution in [3.05, 3.63) is 60.3 Å². The van der Waals surface area contributed by atoms with Crippen molar-refractivity contribution < 1.29 is 9.47 Å². The van der Waals surface area contributed by atoms with Crippen LogP contribution in [0, 0.1) is 0 Å². The van der Waals surface area contributed by atoms with Crippen LogP contribution in [-0.2, 0) is 4.74 Å². The van der Waals surface area contributed by atoms with Crippen molar-refractivity contribution in [3.63, 3.8) is 0 Å². The maximum Gasteiger partial charge on any atom is 0.325 e. The van der Waals surface area contributed by atoms with Crippen LogP contribution in [0.2, 0.25) is 0 Å². The number of nitrogens with zero attached hydrogens (tertiary/aromatic N) is 4. The highest BCUT2D eigenvalue weighted by atomic mass is 16.5. The standard InChI is InChI=1S/C24H24N6O2/c1-2-4-18-13-19(8-7-16(18)3-1)32-24-26-21(15-23(27-24)30-9-11-31-12-10-30)25-22-14-20(28-29-22)17-5-6-17/h1-4,7-8,13-15,17H,5-6,9-12H2,(H2,25,26,27,28,29). The van der Waals surface area contributed by atoms with E-state index in [1.807, 2.05) is 36.4 Å². The number of H-pyrrole nitrogens is 1. The number of aromatic nitrogens is 4. The molecular formula is C24H24N6O2. The monoisotopic (exact) mass is 428 g/mol. The van der Waals surface area contributed by atoms with Gasteiger partial charge in [0.15, 0.2) is 5.82 Å². The molecule has 162 valence electrons. The van der Waals surface area contributed by atoms with E-state index in [1.165, 1.54) is 18.5 Å². The van der Waals surface area contributed by atoms with Crippen molar-refractivity contribution in [1.82, 2.24) is 20.2 Å². The Kier molecular flexibility index (Phi) is 4.84. The maximum atomic E-state index is 6.10. The highest BCUT2D eigenvalue weighted by Crippen LogP contribution is 2.39. The molecule has 0 bridgehead atoms. The first-order valence-electron chi connectivity index (χ1n) is 11.0. The van der Waals surface area contributed by atoms with Gasteiger partial charge < -0.3 is 19.7 Å². The molecule has 1 saturated carbocycles. The number of rotatable bonds is 6. The molecule has 4 aromatic rings. The molecule has 0 spiro atoms. The van der Waals surface area contributed by atoms with Crippen LogP contribution in [0.5, 0.6) is 11.8 Å². The third-order valence-electron chi connectivity index (χ3n) is 5.83. The molecule has 0 atom stereocenters. The molecule has 3 heterocycles. The number of anilines is 3. The minimum absolute atomic E-state index is 0.296. The molecule has 8 nitrogen and oxygen atoms in total. The maximum absolute atomic E-state index is 6.10. The summed E-state index contributed by atoms with van der Waals surface area (Å²) in [7, 11) is 0. The average Bonchev–Trinajstić information content (AvgIpc) is 3.58. The second-order valence-electron chi connectivity index (χ2n) is 8.21. The van der Waals surface area contributed by atoms with Gasteiger partial charge in [0.05, 0.1) is 13.2 Å². The zero-order valence-corrected chi connectivity index (χ0v) is 17.6. The van der Waals surface area contributed by atoms with Gasteiger partial charge in [-0.1, -0.05) is 30.3 Å². The van der Waals surface area contributed by atoms with E-state index in [1.54, 1.807) is 0 Å². The minimum Gasteiger partial charge on any atom is -0.424 e. The summed E-state index contributed by atoms with van der Waals surface area (Å²) < 4.78 is 11.6. The topological polar surface area (TPSA) is 88.2 Å². The van der Waals surface area contributed by atoms with Crippen LogP contribution in [0.3, 0.4) is 0 Å². The van der Waals surface area contributed by atoms with E-state index in [2.05, 4.69) is 48.6 Å². The highest BCUT2D eigenvalue weighted by Gasteiger charge is 2.25. The van der Waals surface area contributed by atoms with E-state index in [0.29, 0.717) is 36.7 Å². The predicted molar refractivity (Wildman–Crippen MR) is 123 cm³/mol. The number of benzene rings is 2. The fraction of sp³-hybridized carbons (Fsp3) is 0.292. The molecule has 2 fully saturated rings. The number of aromatic amines is 1.